The monoisotopic (exact) mass is 448 g/mol. The Morgan fingerprint density at radius 1 is 1.27 bits per heavy atom. The molecule has 1 amide bonds. The Morgan fingerprint density at radius 3 is 2.88 bits per heavy atom. The van der Waals surface area contributed by atoms with Crippen LogP contribution in [0.1, 0.15) is 37.2 Å². The van der Waals surface area contributed by atoms with E-state index in [1.807, 2.05) is 59.1 Å². The molecular formula is C25H32N6O2. The minimum atomic E-state index is 0.122. The summed E-state index contributed by atoms with van der Waals surface area (Å²) >= 11 is 0. The molecule has 1 atom stereocenters. The number of rotatable bonds is 7. The zero-order valence-corrected chi connectivity index (χ0v) is 19.9. The van der Waals surface area contributed by atoms with Gasteiger partial charge in [-0.05, 0) is 30.5 Å². The lowest BCUT2D eigenvalue weighted by Gasteiger charge is -2.33. The number of anilines is 1. The van der Waals surface area contributed by atoms with E-state index in [1.165, 1.54) is 0 Å². The summed E-state index contributed by atoms with van der Waals surface area (Å²) in [5, 5.41) is 0. The molecule has 0 unspecified atom stereocenters. The molecule has 4 rings (SSSR count). The Balaban J connectivity index is 1.62. The second kappa shape index (κ2) is 10.0. The Labute approximate surface area is 195 Å². The molecule has 0 N–H and O–H groups in total. The van der Waals surface area contributed by atoms with Crippen molar-refractivity contribution < 1.29 is 9.53 Å². The Bertz CT molecular complexity index is 1110. The second-order valence-electron chi connectivity index (χ2n) is 8.60. The van der Waals surface area contributed by atoms with Crippen molar-refractivity contribution in [1.29, 1.82) is 0 Å². The number of aryl methyl sites for hydroxylation is 1. The fourth-order valence-corrected chi connectivity index (χ4v) is 4.40. The molecule has 1 aliphatic rings. The largest absolute Gasteiger partial charge is 0.497 e. The molecule has 33 heavy (non-hydrogen) atoms. The van der Waals surface area contributed by atoms with Crippen molar-refractivity contribution in [2.45, 2.75) is 38.6 Å². The lowest BCUT2D eigenvalue weighted by Crippen LogP contribution is -2.41. The van der Waals surface area contributed by atoms with Gasteiger partial charge in [-0.3, -0.25) is 4.79 Å². The molecule has 2 aromatic heterocycles. The summed E-state index contributed by atoms with van der Waals surface area (Å²) in [5.41, 5.74) is 2.99. The number of aromatic nitrogens is 4. The predicted molar refractivity (Wildman–Crippen MR) is 129 cm³/mol. The van der Waals surface area contributed by atoms with Gasteiger partial charge in [-0.1, -0.05) is 19.1 Å². The zero-order chi connectivity index (χ0) is 23.4. The number of amides is 1. The maximum absolute atomic E-state index is 13.1. The number of ether oxygens (including phenoxy) is 1. The van der Waals surface area contributed by atoms with Crippen LogP contribution in [0.5, 0.6) is 5.75 Å². The standard InChI is InChI=1S/C25H32N6O2/c1-5-22-26-11-13-30(22)17-23(32)31-12-7-9-19(16-31)24-21(15-27-25(28-24)29(2)3)18-8-6-10-20(14-18)33-4/h6,8,10-11,13-15,19H,5,7,9,12,16-17H2,1-4H3/t19-/m0/s1. The molecule has 0 saturated carbocycles. The first-order chi connectivity index (χ1) is 16.0. The number of carbonyl (C=O) groups is 1. The van der Waals surface area contributed by atoms with Gasteiger partial charge in [0.15, 0.2) is 0 Å². The lowest BCUT2D eigenvalue weighted by atomic mass is 9.90. The molecule has 0 radical (unpaired) electrons. The van der Waals surface area contributed by atoms with Crippen molar-refractivity contribution in [3.8, 4) is 16.9 Å². The van der Waals surface area contributed by atoms with Gasteiger partial charge in [-0.25, -0.2) is 15.0 Å². The molecule has 1 aromatic carbocycles. The maximum Gasteiger partial charge on any atom is 0.242 e. The van der Waals surface area contributed by atoms with Crippen LogP contribution < -0.4 is 9.64 Å². The molecule has 0 bridgehead atoms. The molecular weight excluding hydrogens is 416 g/mol. The molecule has 1 fully saturated rings. The third-order valence-corrected chi connectivity index (χ3v) is 6.17. The fraction of sp³-hybridized carbons (Fsp3) is 0.440. The molecule has 3 aromatic rings. The zero-order valence-electron chi connectivity index (χ0n) is 19.9. The van der Waals surface area contributed by atoms with Crippen LogP contribution in [0.4, 0.5) is 5.95 Å². The van der Waals surface area contributed by atoms with Crippen molar-refractivity contribution >= 4 is 11.9 Å². The van der Waals surface area contributed by atoms with Gasteiger partial charge < -0.3 is 19.1 Å². The Hall–Kier alpha value is -3.42. The van der Waals surface area contributed by atoms with Crippen molar-refractivity contribution in [1.82, 2.24) is 24.4 Å². The predicted octanol–water partition coefficient (Wildman–Crippen LogP) is 3.38. The van der Waals surface area contributed by atoms with E-state index in [1.54, 1.807) is 13.3 Å². The maximum atomic E-state index is 13.1. The van der Waals surface area contributed by atoms with Crippen LogP contribution in [0.15, 0.2) is 42.9 Å². The fourth-order valence-electron chi connectivity index (χ4n) is 4.40. The summed E-state index contributed by atoms with van der Waals surface area (Å²) in [5.74, 6) is 2.66. The summed E-state index contributed by atoms with van der Waals surface area (Å²) in [6, 6.07) is 7.97. The van der Waals surface area contributed by atoms with Crippen molar-refractivity contribution in [2.24, 2.45) is 0 Å². The summed E-state index contributed by atoms with van der Waals surface area (Å²) in [6.45, 7) is 3.80. The van der Waals surface area contributed by atoms with Crippen LogP contribution in [0.3, 0.4) is 0 Å². The average Bonchev–Trinajstić information content (AvgIpc) is 3.30. The SMILES string of the molecule is CCc1nccn1CC(=O)N1CCC[C@H](c2nc(N(C)C)ncc2-c2cccc(OC)c2)C1. The van der Waals surface area contributed by atoms with Gasteiger partial charge in [0.25, 0.3) is 0 Å². The molecule has 1 aliphatic heterocycles. The normalized spacial score (nSPS) is 16.0. The Kier molecular flexibility index (Phi) is 6.91. The van der Waals surface area contributed by atoms with E-state index in [2.05, 4.69) is 23.0 Å². The summed E-state index contributed by atoms with van der Waals surface area (Å²) in [7, 11) is 5.55. The molecule has 0 aliphatic carbocycles. The number of imidazole rings is 1. The van der Waals surface area contributed by atoms with Crippen LogP contribution in [0, 0.1) is 0 Å². The topological polar surface area (TPSA) is 76.4 Å². The van der Waals surface area contributed by atoms with E-state index in [-0.39, 0.29) is 11.8 Å². The van der Waals surface area contributed by atoms with Crippen LogP contribution in [-0.4, -0.2) is 64.6 Å². The van der Waals surface area contributed by atoms with E-state index in [0.29, 0.717) is 19.0 Å². The van der Waals surface area contributed by atoms with Gasteiger partial charge in [0, 0.05) is 63.7 Å². The van der Waals surface area contributed by atoms with Gasteiger partial charge in [0.05, 0.1) is 12.8 Å². The molecule has 3 heterocycles. The van der Waals surface area contributed by atoms with Gasteiger partial charge in [-0.2, -0.15) is 0 Å². The summed E-state index contributed by atoms with van der Waals surface area (Å²) in [6.07, 6.45) is 8.27. The number of methoxy groups -OCH3 is 1. The minimum Gasteiger partial charge on any atom is -0.497 e. The molecule has 174 valence electrons. The number of piperidine rings is 1. The quantitative estimate of drug-likeness (QED) is 0.552. The van der Waals surface area contributed by atoms with E-state index in [0.717, 1.165) is 54.2 Å². The molecule has 8 heteroatoms. The third kappa shape index (κ3) is 4.99. The number of hydrogen-bond donors (Lipinski definition) is 0. The smallest absolute Gasteiger partial charge is 0.242 e. The second-order valence-corrected chi connectivity index (χ2v) is 8.60. The summed E-state index contributed by atoms with van der Waals surface area (Å²) < 4.78 is 7.38. The van der Waals surface area contributed by atoms with Crippen LogP contribution in [0.2, 0.25) is 0 Å². The van der Waals surface area contributed by atoms with E-state index >= 15 is 0 Å². The van der Waals surface area contributed by atoms with E-state index in [9.17, 15) is 4.79 Å². The highest BCUT2D eigenvalue weighted by Crippen LogP contribution is 2.35. The van der Waals surface area contributed by atoms with Gasteiger partial charge in [-0.15, -0.1) is 0 Å². The Morgan fingerprint density at radius 2 is 2.12 bits per heavy atom. The molecule has 8 nitrogen and oxygen atoms in total. The first-order valence-corrected chi connectivity index (χ1v) is 11.5. The van der Waals surface area contributed by atoms with E-state index < -0.39 is 0 Å². The van der Waals surface area contributed by atoms with Crippen LogP contribution in [-0.2, 0) is 17.8 Å². The number of carbonyl (C=O) groups excluding carboxylic acids is 1. The first kappa shape index (κ1) is 22.8. The van der Waals surface area contributed by atoms with Gasteiger partial charge >= 0.3 is 0 Å². The number of benzene rings is 1. The number of likely N-dealkylation sites (tertiary alicyclic amines) is 1. The number of hydrogen-bond acceptors (Lipinski definition) is 6. The molecule has 0 spiro atoms. The summed E-state index contributed by atoms with van der Waals surface area (Å²) in [4.78, 5) is 30.9. The minimum absolute atomic E-state index is 0.122. The lowest BCUT2D eigenvalue weighted by molar-refractivity contribution is -0.133. The third-order valence-electron chi connectivity index (χ3n) is 6.17. The number of nitrogens with zero attached hydrogens (tertiary/aromatic N) is 6. The van der Waals surface area contributed by atoms with Crippen molar-refractivity contribution in [3.63, 3.8) is 0 Å². The van der Waals surface area contributed by atoms with Crippen molar-refractivity contribution in [2.75, 3.05) is 39.2 Å². The first-order valence-electron chi connectivity index (χ1n) is 11.5. The van der Waals surface area contributed by atoms with Crippen molar-refractivity contribution in [3.05, 3.63) is 54.4 Å². The highest BCUT2D eigenvalue weighted by molar-refractivity contribution is 5.76. The van der Waals surface area contributed by atoms with Gasteiger partial charge in [0.1, 0.15) is 18.1 Å². The molecule has 1 saturated heterocycles. The van der Waals surface area contributed by atoms with Crippen LogP contribution >= 0.6 is 0 Å². The van der Waals surface area contributed by atoms with Gasteiger partial charge in [0.2, 0.25) is 11.9 Å². The highest BCUT2D eigenvalue weighted by Gasteiger charge is 2.28. The van der Waals surface area contributed by atoms with E-state index in [4.69, 9.17) is 9.72 Å². The average molecular weight is 449 g/mol. The van der Waals surface area contributed by atoms with Crippen LogP contribution in [0.25, 0.3) is 11.1 Å². The highest BCUT2D eigenvalue weighted by atomic mass is 16.5.